The van der Waals surface area contributed by atoms with Gasteiger partial charge in [0.25, 0.3) is 0 Å². The van der Waals surface area contributed by atoms with E-state index in [-0.39, 0.29) is 12.0 Å². The van der Waals surface area contributed by atoms with E-state index >= 15 is 0 Å². The molecule has 1 aliphatic carbocycles. The van der Waals surface area contributed by atoms with Crippen LogP contribution in [0.1, 0.15) is 25.7 Å². The van der Waals surface area contributed by atoms with Gasteiger partial charge in [-0.2, -0.15) is 5.26 Å². The molecule has 76 valence electrons. The van der Waals surface area contributed by atoms with Gasteiger partial charge < -0.3 is 4.79 Å². The van der Waals surface area contributed by atoms with Crippen LogP contribution in [0.3, 0.4) is 0 Å². The molecular weight excluding hydrogens is 183 g/mol. The van der Waals surface area contributed by atoms with Crippen LogP contribution in [0, 0.1) is 17.2 Å². The van der Waals surface area contributed by atoms with E-state index in [1.54, 1.807) is 0 Å². The Balaban J connectivity index is 2.18. The lowest BCUT2D eigenvalue weighted by Gasteiger charge is -2.27. The molecule has 1 saturated heterocycles. The van der Waals surface area contributed by atoms with Gasteiger partial charge in [0.15, 0.2) is 11.8 Å². The summed E-state index contributed by atoms with van der Waals surface area (Å²) in [5, 5.41) is 11.9. The van der Waals surface area contributed by atoms with Crippen LogP contribution in [0.5, 0.6) is 0 Å². The van der Waals surface area contributed by atoms with E-state index in [1.165, 1.54) is 0 Å². The molecular formula is C10H13FN2O. The highest BCUT2D eigenvalue weighted by Crippen LogP contribution is 2.38. The van der Waals surface area contributed by atoms with E-state index in [0.717, 1.165) is 12.8 Å². The fourth-order valence-corrected chi connectivity index (χ4v) is 2.61. The third kappa shape index (κ3) is 1.32. The molecule has 4 atom stereocenters. The number of carbonyl (C=O) groups excluding carboxylic acids is 1. The summed E-state index contributed by atoms with van der Waals surface area (Å²) in [6.45, 7) is 0. The average molecular weight is 196 g/mol. The number of aldehydes is 1. The Kier molecular flexibility index (Phi) is 2.28. The zero-order chi connectivity index (χ0) is 10.2. The second-order valence-corrected chi connectivity index (χ2v) is 4.27. The monoisotopic (exact) mass is 196 g/mol. The van der Waals surface area contributed by atoms with Crippen LogP contribution in [-0.4, -0.2) is 24.0 Å². The number of nitriles is 1. The molecule has 4 heteroatoms. The third-order valence-corrected chi connectivity index (χ3v) is 3.38. The quantitative estimate of drug-likeness (QED) is 0.635. The van der Waals surface area contributed by atoms with Crippen molar-refractivity contribution in [3.05, 3.63) is 0 Å². The largest absolute Gasteiger partial charge is 0.300 e. The van der Waals surface area contributed by atoms with Gasteiger partial charge in [0, 0.05) is 12.0 Å². The van der Waals surface area contributed by atoms with Crippen LogP contribution in [0.15, 0.2) is 0 Å². The van der Waals surface area contributed by atoms with Crippen molar-refractivity contribution >= 4 is 6.29 Å². The van der Waals surface area contributed by atoms with Gasteiger partial charge in [0.1, 0.15) is 6.17 Å². The minimum absolute atomic E-state index is 0.0172. The molecule has 0 spiro atoms. The highest BCUT2D eigenvalue weighted by atomic mass is 19.1. The van der Waals surface area contributed by atoms with Crippen LogP contribution >= 0.6 is 0 Å². The number of nitrogens with zero attached hydrogens (tertiary/aromatic N) is 1. The number of fused-ring (bicyclic) bond motifs is 1. The van der Waals surface area contributed by atoms with Crippen molar-refractivity contribution in [1.29, 1.82) is 5.26 Å². The maximum atomic E-state index is 13.5. The molecule has 0 aromatic carbocycles. The van der Waals surface area contributed by atoms with Crippen LogP contribution in [-0.2, 0) is 4.79 Å². The summed E-state index contributed by atoms with van der Waals surface area (Å²) in [5.41, 5.74) is -1.12. The molecule has 0 aromatic rings. The summed E-state index contributed by atoms with van der Waals surface area (Å²) in [4.78, 5) is 10.8. The second kappa shape index (κ2) is 3.32. The molecule has 0 bridgehead atoms. The van der Waals surface area contributed by atoms with Gasteiger partial charge in [-0.05, 0) is 25.7 Å². The molecule has 2 rings (SSSR count). The van der Waals surface area contributed by atoms with Crippen molar-refractivity contribution in [2.75, 3.05) is 0 Å². The molecule has 4 unspecified atom stereocenters. The maximum absolute atomic E-state index is 13.5. The smallest absolute Gasteiger partial charge is 0.163 e. The zero-order valence-corrected chi connectivity index (χ0v) is 7.87. The normalized spacial score (nSPS) is 46.7. The number of nitrogens with one attached hydrogen (secondary N) is 1. The summed E-state index contributed by atoms with van der Waals surface area (Å²) in [6, 6.07) is 1.98. The number of alkyl halides is 1. The molecule has 2 fully saturated rings. The third-order valence-electron chi connectivity index (χ3n) is 3.38. The maximum Gasteiger partial charge on any atom is 0.163 e. The SMILES string of the molecule is N#CC1(C=O)CC2C(F)CCCC2N1. The predicted octanol–water partition coefficient (Wildman–Crippen LogP) is 0.948. The van der Waals surface area contributed by atoms with Gasteiger partial charge in [-0.1, -0.05) is 0 Å². The van der Waals surface area contributed by atoms with E-state index in [4.69, 9.17) is 5.26 Å². The summed E-state index contributed by atoms with van der Waals surface area (Å²) in [7, 11) is 0. The van der Waals surface area contributed by atoms with Crippen molar-refractivity contribution in [1.82, 2.24) is 5.32 Å². The number of rotatable bonds is 1. The number of hydrogen-bond acceptors (Lipinski definition) is 3. The topological polar surface area (TPSA) is 52.9 Å². The fraction of sp³-hybridized carbons (Fsp3) is 0.800. The Labute approximate surface area is 82.3 Å². The van der Waals surface area contributed by atoms with Crippen LogP contribution in [0.2, 0.25) is 0 Å². The lowest BCUT2D eigenvalue weighted by molar-refractivity contribution is -0.111. The Morgan fingerprint density at radius 3 is 2.93 bits per heavy atom. The standard InChI is InChI=1S/C10H13FN2O/c11-8-2-1-3-9-7(8)4-10(5-12,6-14)13-9/h6-9,13H,1-4H2. The lowest BCUT2D eigenvalue weighted by atomic mass is 9.82. The van der Waals surface area contributed by atoms with Gasteiger partial charge in [-0.25, -0.2) is 4.39 Å². The summed E-state index contributed by atoms with van der Waals surface area (Å²) in [5.74, 6) is -0.145. The van der Waals surface area contributed by atoms with Crippen molar-refractivity contribution in [2.24, 2.45) is 5.92 Å². The van der Waals surface area contributed by atoms with Crippen molar-refractivity contribution in [3.63, 3.8) is 0 Å². The Bertz CT molecular complexity index is 288. The van der Waals surface area contributed by atoms with E-state index in [0.29, 0.717) is 19.1 Å². The average Bonchev–Trinajstić information content (AvgIpc) is 2.59. The zero-order valence-electron chi connectivity index (χ0n) is 7.87. The second-order valence-electron chi connectivity index (χ2n) is 4.27. The molecule has 14 heavy (non-hydrogen) atoms. The fourth-order valence-electron chi connectivity index (χ4n) is 2.61. The van der Waals surface area contributed by atoms with Crippen molar-refractivity contribution in [3.8, 4) is 6.07 Å². The van der Waals surface area contributed by atoms with Crippen LogP contribution in [0.25, 0.3) is 0 Å². The summed E-state index contributed by atoms with van der Waals surface area (Å²) in [6.07, 6.45) is 2.40. The minimum atomic E-state index is -1.12. The van der Waals surface area contributed by atoms with Gasteiger partial charge in [0.05, 0.1) is 6.07 Å². The highest BCUT2D eigenvalue weighted by Gasteiger charge is 2.49. The molecule has 1 aliphatic heterocycles. The molecule has 0 radical (unpaired) electrons. The number of hydrogen-bond donors (Lipinski definition) is 1. The van der Waals surface area contributed by atoms with E-state index in [1.807, 2.05) is 6.07 Å². The van der Waals surface area contributed by atoms with Gasteiger partial charge >= 0.3 is 0 Å². The Morgan fingerprint density at radius 2 is 2.36 bits per heavy atom. The first-order valence-corrected chi connectivity index (χ1v) is 5.00. The first-order chi connectivity index (χ1) is 6.71. The Morgan fingerprint density at radius 1 is 1.57 bits per heavy atom. The Hall–Kier alpha value is -0.950. The highest BCUT2D eigenvalue weighted by molar-refractivity contribution is 5.70. The number of carbonyl (C=O) groups is 1. The molecule has 1 saturated carbocycles. The van der Waals surface area contributed by atoms with E-state index in [2.05, 4.69) is 5.32 Å². The lowest BCUT2D eigenvalue weighted by Crippen LogP contribution is -2.44. The molecule has 0 aromatic heterocycles. The van der Waals surface area contributed by atoms with Crippen molar-refractivity contribution in [2.45, 2.75) is 43.4 Å². The van der Waals surface area contributed by atoms with Gasteiger partial charge in [-0.15, -0.1) is 0 Å². The molecule has 2 aliphatic rings. The van der Waals surface area contributed by atoms with Crippen LogP contribution < -0.4 is 5.32 Å². The predicted molar refractivity (Wildman–Crippen MR) is 48.2 cm³/mol. The van der Waals surface area contributed by atoms with E-state index < -0.39 is 11.7 Å². The summed E-state index contributed by atoms with van der Waals surface area (Å²) >= 11 is 0. The summed E-state index contributed by atoms with van der Waals surface area (Å²) < 4.78 is 13.5. The molecule has 1 N–H and O–H groups in total. The first kappa shape index (κ1) is 9.60. The number of halogens is 1. The molecule has 3 nitrogen and oxygen atoms in total. The van der Waals surface area contributed by atoms with Gasteiger partial charge in [-0.3, -0.25) is 5.32 Å². The molecule has 1 heterocycles. The minimum Gasteiger partial charge on any atom is -0.300 e. The van der Waals surface area contributed by atoms with Gasteiger partial charge in [0.2, 0.25) is 0 Å². The molecule has 0 amide bonds. The van der Waals surface area contributed by atoms with Crippen LogP contribution in [0.4, 0.5) is 4.39 Å². The first-order valence-electron chi connectivity index (χ1n) is 5.00. The van der Waals surface area contributed by atoms with Crippen molar-refractivity contribution < 1.29 is 9.18 Å². The van der Waals surface area contributed by atoms with E-state index in [9.17, 15) is 9.18 Å².